The molecule has 1 amide bonds. The van der Waals surface area contributed by atoms with E-state index in [1.54, 1.807) is 6.08 Å². The standard InChI is InChI=1S/C15H19NO4/c1-10(2)12-6-3-11(4-7-12)5-8-14(18)16-13(9-17)15(19)20/h3-8,10,13,17H,9H2,1-2H3,(H,16,18)(H,19,20)/b8-5+/t13-/m0/s1. The van der Waals surface area contributed by atoms with Gasteiger partial charge in [-0.2, -0.15) is 0 Å². The van der Waals surface area contributed by atoms with E-state index in [1.807, 2.05) is 24.3 Å². The number of rotatable bonds is 6. The Morgan fingerprint density at radius 2 is 1.85 bits per heavy atom. The molecule has 1 rings (SSSR count). The van der Waals surface area contributed by atoms with Gasteiger partial charge < -0.3 is 15.5 Å². The first-order valence-corrected chi connectivity index (χ1v) is 6.36. The summed E-state index contributed by atoms with van der Waals surface area (Å²) in [4.78, 5) is 22.1. The maximum absolute atomic E-state index is 11.5. The molecule has 0 aliphatic heterocycles. The van der Waals surface area contributed by atoms with Crippen LogP contribution in [0.2, 0.25) is 0 Å². The first-order valence-electron chi connectivity index (χ1n) is 6.36. The lowest BCUT2D eigenvalue weighted by atomic mass is 10.0. The van der Waals surface area contributed by atoms with Crippen LogP contribution in [0.15, 0.2) is 30.3 Å². The van der Waals surface area contributed by atoms with Crippen molar-refractivity contribution in [3.63, 3.8) is 0 Å². The van der Waals surface area contributed by atoms with Gasteiger partial charge in [0.05, 0.1) is 6.61 Å². The van der Waals surface area contributed by atoms with E-state index in [9.17, 15) is 9.59 Å². The minimum absolute atomic E-state index is 0.442. The van der Waals surface area contributed by atoms with Crippen molar-refractivity contribution in [2.24, 2.45) is 0 Å². The van der Waals surface area contributed by atoms with Crippen molar-refractivity contribution in [2.45, 2.75) is 25.8 Å². The van der Waals surface area contributed by atoms with Gasteiger partial charge in [0, 0.05) is 6.08 Å². The highest BCUT2D eigenvalue weighted by Crippen LogP contribution is 2.15. The Hall–Kier alpha value is -2.14. The number of carbonyl (C=O) groups excluding carboxylic acids is 1. The Morgan fingerprint density at radius 1 is 1.25 bits per heavy atom. The number of aliphatic hydroxyl groups excluding tert-OH is 1. The second-order valence-corrected chi connectivity index (χ2v) is 4.74. The van der Waals surface area contributed by atoms with Gasteiger partial charge >= 0.3 is 5.97 Å². The molecule has 20 heavy (non-hydrogen) atoms. The SMILES string of the molecule is CC(C)c1ccc(/C=C/C(=O)N[C@@H](CO)C(=O)O)cc1. The number of carboxylic acids is 1. The third-order valence-electron chi connectivity index (χ3n) is 2.83. The normalized spacial score (nSPS) is 12.6. The second-order valence-electron chi connectivity index (χ2n) is 4.74. The third kappa shape index (κ3) is 4.85. The molecular weight excluding hydrogens is 258 g/mol. The van der Waals surface area contributed by atoms with Crippen LogP contribution in [0.4, 0.5) is 0 Å². The number of carboxylic acid groups (broad SMARTS) is 1. The van der Waals surface area contributed by atoms with Crippen LogP contribution < -0.4 is 5.32 Å². The Morgan fingerprint density at radius 3 is 2.30 bits per heavy atom. The van der Waals surface area contributed by atoms with Gasteiger partial charge in [-0.15, -0.1) is 0 Å². The molecule has 0 heterocycles. The van der Waals surface area contributed by atoms with Crippen molar-refractivity contribution in [3.05, 3.63) is 41.5 Å². The van der Waals surface area contributed by atoms with Crippen molar-refractivity contribution in [3.8, 4) is 0 Å². The summed E-state index contributed by atoms with van der Waals surface area (Å²) in [5.74, 6) is -1.38. The number of aliphatic hydroxyl groups is 1. The maximum atomic E-state index is 11.5. The summed E-state index contributed by atoms with van der Waals surface area (Å²) in [7, 11) is 0. The van der Waals surface area contributed by atoms with E-state index in [0.29, 0.717) is 5.92 Å². The van der Waals surface area contributed by atoms with Crippen LogP contribution in [0.3, 0.4) is 0 Å². The van der Waals surface area contributed by atoms with Gasteiger partial charge in [0.2, 0.25) is 5.91 Å². The first-order chi connectivity index (χ1) is 9.43. The van der Waals surface area contributed by atoms with E-state index in [4.69, 9.17) is 10.2 Å². The predicted octanol–water partition coefficient (Wildman–Crippen LogP) is 1.38. The fourth-order valence-electron chi connectivity index (χ4n) is 1.57. The number of benzene rings is 1. The van der Waals surface area contributed by atoms with E-state index in [2.05, 4.69) is 19.2 Å². The number of carbonyl (C=O) groups is 2. The molecule has 0 unspecified atom stereocenters. The van der Waals surface area contributed by atoms with Gasteiger partial charge in [-0.1, -0.05) is 38.1 Å². The predicted molar refractivity (Wildman–Crippen MR) is 76.2 cm³/mol. The summed E-state index contributed by atoms with van der Waals surface area (Å²) >= 11 is 0. The highest BCUT2D eigenvalue weighted by Gasteiger charge is 2.16. The van der Waals surface area contributed by atoms with E-state index in [-0.39, 0.29) is 0 Å². The second kappa shape index (κ2) is 7.45. The lowest BCUT2D eigenvalue weighted by Gasteiger charge is -2.09. The Balaban J connectivity index is 2.63. The lowest BCUT2D eigenvalue weighted by Crippen LogP contribution is -2.42. The summed E-state index contributed by atoms with van der Waals surface area (Å²) in [5.41, 5.74) is 2.05. The van der Waals surface area contributed by atoms with Crippen LogP contribution in [0.1, 0.15) is 30.9 Å². The molecule has 0 aliphatic carbocycles. The zero-order valence-electron chi connectivity index (χ0n) is 11.5. The average molecular weight is 277 g/mol. The van der Waals surface area contributed by atoms with Crippen LogP contribution >= 0.6 is 0 Å². The van der Waals surface area contributed by atoms with Gasteiger partial charge in [-0.25, -0.2) is 4.79 Å². The molecule has 3 N–H and O–H groups in total. The number of aliphatic carboxylic acids is 1. The number of amides is 1. The van der Waals surface area contributed by atoms with Gasteiger partial charge in [0.1, 0.15) is 0 Å². The fraction of sp³-hybridized carbons (Fsp3) is 0.333. The smallest absolute Gasteiger partial charge is 0.328 e. The molecule has 0 saturated heterocycles. The summed E-state index contributed by atoms with van der Waals surface area (Å²) < 4.78 is 0. The molecular formula is C15H19NO4. The first kappa shape index (κ1) is 15.9. The lowest BCUT2D eigenvalue weighted by molar-refractivity contribution is -0.142. The monoisotopic (exact) mass is 277 g/mol. The van der Waals surface area contributed by atoms with Crippen molar-refractivity contribution < 1.29 is 19.8 Å². The summed E-state index contributed by atoms with van der Waals surface area (Å²) in [6.45, 7) is 3.55. The zero-order chi connectivity index (χ0) is 15.1. The quantitative estimate of drug-likeness (QED) is 0.686. The molecule has 0 aliphatic rings. The maximum Gasteiger partial charge on any atom is 0.328 e. The fourth-order valence-corrected chi connectivity index (χ4v) is 1.57. The summed E-state index contributed by atoms with van der Waals surface area (Å²) in [6.07, 6.45) is 2.84. The number of nitrogens with one attached hydrogen (secondary N) is 1. The number of hydrogen-bond acceptors (Lipinski definition) is 3. The Bertz CT molecular complexity index is 491. The largest absolute Gasteiger partial charge is 0.480 e. The Labute approximate surface area is 117 Å². The van der Waals surface area contributed by atoms with Gasteiger partial charge in [0.15, 0.2) is 6.04 Å². The van der Waals surface area contributed by atoms with Crippen molar-refractivity contribution in [1.82, 2.24) is 5.32 Å². The number of hydrogen-bond donors (Lipinski definition) is 3. The minimum atomic E-state index is -1.28. The molecule has 0 bridgehead atoms. The molecule has 0 radical (unpaired) electrons. The minimum Gasteiger partial charge on any atom is -0.480 e. The molecule has 1 aromatic rings. The zero-order valence-corrected chi connectivity index (χ0v) is 11.5. The van der Waals surface area contributed by atoms with Gasteiger partial charge in [0.25, 0.3) is 0 Å². The Kier molecular flexibility index (Phi) is 5.93. The van der Waals surface area contributed by atoms with Crippen molar-refractivity contribution in [2.75, 3.05) is 6.61 Å². The molecule has 1 aromatic carbocycles. The van der Waals surface area contributed by atoms with E-state index >= 15 is 0 Å². The molecule has 0 spiro atoms. The molecule has 1 atom stereocenters. The highest BCUT2D eigenvalue weighted by atomic mass is 16.4. The average Bonchev–Trinajstić information content (AvgIpc) is 2.42. The van der Waals surface area contributed by atoms with E-state index in [0.717, 1.165) is 5.56 Å². The van der Waals surface area contributed by atoms with Crippen LogP contribution in [0.5, 0.6) is 0 Å². The molecule has 0 fully saturated rings. The van der Waals surface area contributed by atoms with Gasteiger partial charge in [-0.05, 0) is 23.1 Å². The summed E-state index contributed by atoms with van der Waals surface area (Å²) in [5, 5.41) is 19.7. The molecule has 0 saturated carbocycles. The van der Waals surface area contributed by atoms with Crippen LogP contribution in [0.25, 0.3) is 6.08 Å². The summed E-state index contributed by atoms with van der Waals surface area (Å²) in [6, 6.07) is 6.46. The third-order valence-corrected chi connectivity index (χ3v) is 2.83. The van der Waals surface area contributed by atoms with E-state index in [1.165, 1.54) is 11.6 Å². The highest BCUT2D eigenvalue weighted by molar-refractivity contribution is 5.94. The van der Waals surface area contributed by atoms with E-state index < -0.39 is 24.5 Å². The van der Waals surface area contributed by atoms with Crippen LogP contribution in [-0.2, 0) is 9.59 Å². The molecule has 0 aromatic heterocycles. The molecule has 5 nitrogen and oxygen atoms in total. The van der Waals surface area contributed by atoms with Gasteiger partial charge in [-0.3, -0.25) is 4.79 Å². The molecule has 5 heteroatoms. The van der Waals surface area contributed by atoms with Crippen LogP contribution in [-0.4, -0.2) is 34.7 Å². The van der Waals surface area contributed by atoms with Crippen molar-refractivity contribution in [1.29, 1.82) is 0 Å². The van der Waals surface area contributed by atoms with Crippen molar-refractivity contribution >= 4 is 18.0 Å². The topological polar surface area (TPSA) is 86.6 Å². The molecule has 108 valence electrons. The van der Waals surface area contributed by atoms with Crippen LogP contribution in [0, 0.1) is 0 Å².